The molecule has 0 saturated carbocycles. The molecule has 1 rings (SSSR count). The molecule has 7 heavy (non-hydrogen) atoms. The third-order valence-electron chi connectivity index (χ3n) is 0.945. The number of hydrogen-bond donors (Lipinski definition) is 3. The van der Waals surface area contributed by atoms with Gasteiger partial charge < -0.3 is 10.3 Å². The first-order valence-electron chi connectivity index (χ1n) is 2.15. The van der Waals surface area contributed by atoms with Crippen LogP contribution >= 0.6 is 0 Å². The fourth-order valence-corrected chi connectivity index (χ4v) is 0.519. The average molecular weight is 104 g/mol. The highest BCUT2D eigenvalue weighted by Crippen LogP contribution is 1.93. The van der Waals surface area contributed by atoms with Crippen LogP contribution in [0.25, 0.3) is 0 Å². The van der Waals surface area contributed by atoms with Gasteiger partial charge in [0.25, 0.3) is 0 Å². The van der Waals surface area contributed by atoms with Crippen LogP contribution in [0.1, 0.15) is 0 Å². The van der Waals surface area contributed by atoms with E-state index in [1.807, 2.05) is 0 Å². The van der Waals surface area contributed by atoms with Crippen molar-refractivity contribution in [2.75, 3.05) is 13.2 Å². The summed E-state index contributed by atoms with van der Waals surface area (Å²) in [6, 6.07) is 0. The second-order valence-corrected chi connectivity index (χ2v) is 1.53. The molecule has 0 radical (unpaired) electrons. The molecule has 4 nitrogen and oxygen atoms in total. The molecule has 3 N–H and O–H groups in total. The Balaban J connectivity index is 2.33. The van der Waals surface area contributed by atoms with Crippen LogP contribution in [0.15, 0.2) is 0 Å². The van der Waals surface area contributed by atoms with Crippen molar-refractivity contribution >= 4 is 0 Å². The standard InChI is InChI=1S/C3H8N2O2/c6-3-1-4-2-5(3)7/h3-4,6-7H,1-2H2. The molecule has 0 aliphatic carbocycles. The van der Waals surface area contributed by atoms with Crippen LogP contribution in [0.2, 0.25) is 0 Å². The summed E-state index contributed by atoms with van der Waals surface area (Å²) in [5.74, 6) is 0. The first kappa shape index (κ1) is 4.99. The van der Waals surface area contributed by atoms with E-state index in [-0.39, 0.29) is 0 Å². The molecule has 1 fully saturated rings. The molecule has 0 amide bonds. The lowest BCUT2D eigenvalue weighted by Crippen LogP contribution is -2.26. The van der Waals surface area contributed by atoms with E-state index in [0.29, 0.717) is 13.2 Å². The highest BCUT2D eigenvalue weighted by Gasteiger charge is 2.17. The molecular formula is C3H8N2O2. The third kappa shape index (κ3) is 0.889. The lowest BCUT2D eigenvalue weighted by molar-refractivity contribution is -0.167. The highest BCUT2D eigenvalue weighted by atomic mass is 16.5. The maximum absolute atomic E-state index is 8.61. The highest BCUT2D eigenvalue weighted by molar-refractivity contribution is 4.61. The van der Waals surface area contributed by atoms with Crippen LogP contribution in [0.4, 0.5) is 0 Å². The van der Waals surface area contributed by atoms with Crippen LogP contribution in [-0.2, 0) is 0 Å². The van der Waals surface area contributed by atoms with Crippen molar-refractivity contribution < 1.29 is 10.3 Å². The van der Waals surface area contributed by atoms with Gasteiger partial charge in [-0.2, -0.15) is 0 Å². The normalized spacial score (nSPS) is 34.3. The molecule has 1 heterocycles. The number of aliphatic hydroxyl groups excluding tert-OH is 1. The van der Waals surface area contributed by atoms with Gasteiger partial charge in [-0.25, -0.2) is 0 Å². The molecule has 1 unspecified atom stereocenters. The van der Waals surface area contributed by atoms with Crippen molar-refractivity contribution in [2.24, 2.45) is 0 Å². The zero-order valence-electron chi connectivity index (χ0n) is 3.83. The van der Waals surface area contributed by atoms with E-state index in [4.69, 9.17) is 10.3 Å². The minimum Gasteiger partial charge on any atom is -0.375 e. The Labute approximate surface area is 41.3 Å². The van der Waals surface area contributed by atoms with Gasteiger partial charge in [0.2, 0.25) is 0 Å². The lowest BCUT2D eigenvalue weighted by Gasteiger charge is -2.06. The summed E-state index contributed by atoms with van der Waals surface area (Å²) in [6.07, 6.45) is -0.708. The van der Waals surface area contributed by atoms with E-state index in [1.165, 1.54) is 0 Å². The second-order valence-electron chi connectivity index (χ2n) is 1.53. The van der Waals surface area contributed by atoms with Crippen molar-refractivity contribution in [3.05, 3.63) is 0 Å². The molecule has 0 aromatic heterocycles. The van der Waals surface area contributed by atoms with Gasteiger partial charge in [-0.1, -0.05) is 0 Å². The first-order valence-corrected chi connectivity index (χ1v) is 2.15. The average Bonchev–Trinajstić information content (AvgIpc) is 1.91. The molecule has 0 spiro atoms. The Bertz CT molecular complexity index is 60.0. The van der Waals surface area contributed by atoms with Gasteiger partial charge in [-0.05, 0) is 0 Å². The minimum atomic E-state index is -0.708. The summed E-state index contributed by atoms with van der Waals surface area (Å²) >= 11 is 0. The van der Waals surface area contributed by atoms with Crippen molar-refractivity contribution in [2.45, 2.75) is 6.23 Å². The topological polar surface area (TPSA) is 55.7 Å². The van der Waals surface area contributed by atoms with Crippen LogP contribution < -0.4 is 5.32 Å². The number of hydroxylamine groups is 2. The van der Waals surface area contributed by atoms with E-state index >= 15 is 0 Å². The minimum absolute atomic E-state index is 0.362. The van der Waals surface area contributed by atoms with E-state index in [2.05, 4.69) is 5.32 Å². The fraction of sp³-hybridized carbons (Fsp3) is 1.00. The zero-order chi connectivity index (χ0) is 5.28. The molecule has 1 atom stereocenters. The maximum Gasteiger partial charge on any atom is 0.143 e. The van der Waals surface area contributed by atoms with Gasteiger partial charge in [0.1, 0.15) is 6.23 Å². The van der Waals surface area contributed by atoms with Crippen molar-refractivity contribution in [1.29, 1.82) is 0 Å². The van der Waals surface area contributed by atoms with Gasteiger partial charge in [0.05, 0.1) is 6.67 Å². The van der Waals surface area contributed by atoms with Crippen LogP contribution in [0.5, 0.6) is 0 Å². The van der Waals surface area contributed by atoms with Crippen molar-refractivity contribution in [1.82, 2.24) is 10.4 Å². The van der Waals surface area contributed by atoms with Gasteiger partial charge in [0, 0.05) is 6.54 Å². The fourth-order valence-electron chi connectivity index (χ4n) is 0.519. The van der Waals surface area contributed by atoms with E-state index in [1.54, 1.807) is 0 Å². The summed E-state index contributed by atoms with van der Waals surface area (Å²) in [7, 11) is 0. The molecule has 1 saturated heterocycles. The van der Waals surface area contributed by atoms with Crippen LogP contribution in [-0.4, -0.2) is 34.8 Å². The SMILES string of the molecule is OC1CNCN1O. The van der Waals surface area contributed by atoms with Crippen molar-refractivity contribution in [3.8, 4) is 0 Å². The van der Waals surface area contributed by atoms with Crippen LogP contribution in [0, 0.1) is 0 Å². The van der Waals surface area contributed by atoms with Crippen molar-refractivity contribution in [3.63, 3.8) is 0 Å². The molecular weight excluding hydrogens is 96.0 g/mol. The van der Waals surface area contributed by atoms with E-state index in [0.717, 1.165) is 5.06 Å². The number of aliphatic hydroxyl groups is 1. The molecule has 0 bridgehead atoms. The molecule has 0 aromatic carbocycles. The van der Waals surface area contributed by atoms with E-state index < -0.39 is 6.23 Å². The Kier molecular flexibility index (Phi) is 1.25. The molecule has 42 valence electrons. The second kappa shape index (κ2) is 1.75. The van der Waals surface area contributed by atoms with Gasteiger partial charge in [-0.15, -0.1) is 5.06 Å². The van der Waals surface area contributed by atoms with E-state index in [9.17, 15) is 0 Å². The predicted molar refractivity (Wildman–Crippen MR) is 22.5 cm³/mol. The predicted octanol–water partition coefficient (Wildman–Crippen LogP) is -1.44. The summed E-state index contributed by atoms with van der Waals surface area (Å²) < 4.78 is 0. The Morgan fingerprint density at radius 2 is 2.43 bits per heavy atom. The Morgan fingerprint density at radius 1 is 1.71 bits per heavy atom. The lowest BCUT2D eigenvalue weighted by atomic mass is 10.6. The van der Waals surface area contributed by atoms with Gasteiger partial charge >= 0.3 is 0 Å². The molecule has 0 aromatic rings. The number of nitrogens with zero attached hydrogens (tertiary/aromatic N) is 1. The summed E-state index contributed by atoms with van der Waals surface area (Å²) in [4.78, 5) is 0. The molecule has 1 aliphatic rings. The maximum atomic E-state index is 8.61. The number of β-amino-alcohol motifs (C(OH)–C–C–N with tert-alkyl or cyclic N) is 1. The molecule has 1 aliphatic heterocycles. The number of nitrogens with one attached hydrogen (secondary N) is 1. The number of rotatable bonds is 0. The van der Waals surface area contributed by atoms with Crippen LogP contribution in [0.3, 0.4) is 0 Å². The summed E-state index contributed by atoms with van der Waals surface area (Å²) in [6.45, 7) is 0.817. The third-order valence-corrected chi connectivity index (χ3v) is 0.945. The van der Waals surface area contributed by atoms with Gasteiger partial charge in [-0.3, -0.25) is 5.32 Å². The van der Waals surface area contributed by atoms with Gasteiger partial charge in [0.15, 0.2) is 0 Å². The number of hydrogen-bond acceptors (Lipinski definition) is 4. The smallest absolute Gasteiger partial charge is 0.143 e. The zero-order valence-corrected chi connectivity index (χ0v) is 3.83. The summed E-state index contributed by atoms with van der Waals surface area (Å²) in [5, 5.41) is 20.7. The monoisotopic (exact) mass is 104 g/mol. The largest absolute Gasteiger partial charge is 0.375 e. The first-order chi connectivity index (χ1) is 3.30. The quantitative estimate of drug-likeness (QED) is 0.352. The Morgan fingerprint density at radius 3 is 2.57 bits per heavy atom. The molecule has 4 heteroatoms. The Hall–Kier alpha value is -0.160. The summed E-state index contributed by atoms with van der Waals surface area (Å²) in [5.41, 5.74) is 0.